The Morgan fingerprint density at radius 3 is 2.50 bits per heavy atom. The summed E-state index contributed by atoms with van der Waals surface area (Å²) >= 11 is 0. The van der Waals surface area contributed by atoms with Gasteiger partial charge in [0.25, 0.3) is 0 Å². The first-order valence-corrected chi connectivity index (χ1v) is 7.92. The number of hydrogen-bond acceptors (Lipinski definition) is 4. The molecule has 1 rings (SSSR count). The molecule has 0 amide bonds. The highest BCUT2D eigenvalue weighted by Gasteiger charge is 2.25. The molecule has 0 saturated carbocycles. The quantitative estimate of drug-likeness (QED) is 0.771. The molecule has 0 bridgehead atoms. The number of aryl methyl sites for hydroxylation is 1. The number of carbonyl (C=O) groups is 1. The van der Waals surface area contributed by atoms with Crippen molar-refractivity contribution in [3.63, 3.8) is 0 Å². The smallest absolute Gasteiger partial charge is 0.320 e. The van der Waals surface area contributed by atoms with Gasteiger partial charge in [-0.25, -0.2) is 4.68 Å². The van der Waals surface area contributed by atoms with Crippen LogP contribution >= 0.6 is 0 Å². The Balaban J connectivity index is 2.70. The molecule has 0 aliphatic rings. The minimum absolute atomic E-state index is 0.147. The SMILES string of the molecule is CCC(C)(C)NC(CCn1nncc1CC(C)(C)C)C(=O)O. The Morgan fingerprint density at radius 2 is 2.00 bits per heavy atom. The van der Waals surface area contributed by atoms with Crippen LogP contribution in [0.25, 0.3) is 0 Å². The molecule has 0 aliphatic carbocycles. The summed E-state index contributed by atoms with van der Waals surface area (Å²) in [4.78, 5) is 11.5. The summed E-state index contributed by atoms with van der Waals surface area (Å²) < 4.78 is 1.82. The van der Waals surface area contributed by atoms with Crippen LogP contribution in [0.5, 0.6) is 0 Å². The first-order chi connectivity index (χ1) is 10.0. The number of nitrogens with zero attached hydrogens (tertiary/aromatic N) is 3. The van der Waals surface area contributed by atoms with Crippen LogP contribution in [0.3, 0.4) is 0 Å². The van der Waals surface area contributed by atoms with Crippen LogP contribution in [-0.2, 0) is 17.8 Å². The molecule has 2 N–H and O–H groups in total. The van der Waals surface area contributed by atoms with Crippen LogP contribution in [0.15, 0.2) is 6.20 Å². The Labute approximate surface area is 133 Å². The topological polar surface area (TPSA) is 80.0 Å². The lowest BCUT2D eigenvalue weighted by Crippen LogP contribution is -2.49. The van der Waals surface area contributed by atoms with Gasteiger partial charge in [0.05, 0.1) is 11.9 Å². The Bertz CT molecular complexity index is 489. The minimum atomic E-state index is -0.820. The molecular weight excluding hydrogens is 280 g/mol. The average molecular weight is 310 g/mol. The van der Waals surface area contributed by atoms with Crippen molar-refractivity contribution in [2.75, 3.05) is 0 Å². The fourth-order valence-electron chi connectivity index (χ4n) is 2.23. The molecule has 1 aromatic rings. The largest absolute Gasteiger partial charge is 0.480 e. The third kappa shape index (κ3) is 6.13. The molecule has 1 atom stereocenters. The number of nitrogens with one attached hydrogen (secondary N) is 1. The van der Waals surface area contributed by atoms with Crippen LogP contribution < -0.4 is 5.32 Å². The zero-order valence-electron chi connectivity index (χ0n) is 14.7. The van der Waals surface area contributed by atoms with E-state index < -0.39 is 12.0 Å². The van der Waals surface area contributed by atoms with E-state index in [2.05, 4.69) is 36.4 Å². The number of rotatable bonds is 8. The molecule has 0 spiro atoms. The number of carboxylic acid groups (broad SMARTS) is 1. The summed E-state index contributed by atoms with van der Waals surface area (Å²) in [5, 5.41) is 20.7. The molecule has 0 aromatic carbocycles. The second kappa shape index (κ2) is 7.22. The van der Waals surface area contributed by atoms with E-state index in [-0.39, 0.29) is 11.0 Å². The minimum Gasteiger partial charge on any atom is -0.480 e. The molecule has 0 saturated heterocycles. The molecular formula is C16H30N4O2. The zero-order valence-corrected chi connectivity index (χ0v) is 14.7. The van der Waals surface area contributed by atoms with Gasteiger partial charge >= 0.3 is 5.97 Å². The van der Waals surface area contributed by atoms with Crippen molar-refractivity contribution in [1.82, 2.24) is 20.3 Å². The van der Waals surface area contributed by atoms with Crippen LogP contribution in [0.1, 0.15) is 60.1 Å². The molecule has 22 heavy (non-hydrogen) atoms. The summed E-state index contributed by atoms with van der Waals surface area (Å²) in [5.41, 5.74) is 1.000. The first kappa shape index (κ1) is 18.6. The summed E-state index contributed by atoms with van der Waals surface area (Å²) in [7, 11) is 0. The van der Waals surface area contributed by atoms with Gasteiger partial charge in [-0.3, -0.25) is 10.1 Å². The number of carboxylic acids is 1. The van der Waals surface area contributed by atoms with Crippen LogP contribution in [0, 0.1) is 5.41 Å². The Morgan fingerprint density at radius 1 is 1.36 bits per heavy atom. The highest BCUT2D eigenvalue weighted by atomic mass is 16.4. The lowest BCUT2D eigenvalue weighted by atomic mass is 9.91. The zero-order chi connectivity index (χ0) is 17.0. The van der Waals surface area contributed by atoms with Gasteiger partial charge in [0.1, 0.15) is 6.04 Å². The average Bonchev–Trinajstić information content (AvgIpc) is 2.79. The van der Waals surface area contributed by atoms with E-state index in [0.717, 1.165) is 18.5 Å². The van der Waals surface area contributed by atoms with Crippen molar-refractivity contribution in [3.8, 4) is 0 Å². The lowest BCUT2D eigenvalue weighted by Gasteiger charge is -2.29. The fourth-order valence-corrected chi connectivity index (χ4v) is 2.23. The fraction of sp³-hybridized carbons (Fsp3) is 0.812. The van der Waals surface area contributed by atoms with Crippen molar-refractivity contribution in [2.45, 2.75) is 78.9 Å². The molecule has 0 aliphatic heterocycles. The van der Waals surface area contributed by atoms with Gasteiger partial charge in [-0.15, -0.1) is 5.10 Å². The maximum atomic E-state index is 11.5. The van der Waals surface area contributed by atoms with E-state index in [4.69, 9.17) is 0 Å². The standard InChI is InChI=1S/C16H30N4O2/c1-7-16(5,6)18-13(14(21)22)8-9-20-12(11-17-19-20)10-15(2,3)4/h11,13,18H,7-10H2,1-6H3,(H,21,22). The highest BCUT2D eigenvalue weighted by molar-refractivity contribution is 5.73. The number of hydrogen-bond donors (Lipinski definition) is 2. The van der Waals surface area contributed by atoms with Crippen molar-refractivity contribution < 1.29 is 9.90 Å². The van der Waals surface area contributed by atoms with Gasteiger partial charge in [0.15, 0.2) is 0 Å². The van der Waals surface area contributed by atoms with E-state index in [1.807, 2.05) is 25.5 Å². The molecule has 0 radical (unpaired) electrons. The molecule has 1 unspecified atom stereocenters. The predicted molar refractivity (Wildman–Crippen MR) is 86.7 cm³/mol. The van der Waals surface area contributed by atoms with Crippen molar-refractivity contribution in [3.05, 3.63) is 11.9 Å². The third-order valence-electron chi connectivity index (χ3n) is 3.79. The summed E-state index contributed by atoms with van der Waals surface area (Å²) in [6.07, 6.45) is 3.99. The predicted octanol–water partition coefficient (Wildman–Crippen LogP) is 2.49. The molecule has 0 fully saturated rings. The van der Waals surface area contributed by atoms with E-state index in [1.54, 1.807) is 6.20 Å². The Kier molecular flexibility index (Phi) is 6.11. The number of aromatic nitrogens is 3. The molecule has 126 valence electrons. The first-order valence-electron chi connectivity index (χ1n) is 7.92. The monoisotopic (exact) mass is 310 g/mol. The molecule has 1 aromatic heterocycles. The summed E-state index contributed by atoms with van der Waals surface area (Å²) in [6.45, 7) is 13.1. The maximum absolute atomic E-state index is 11.5. The summed E-state index contributed by atoms with van der Waals surface area (Å²) in [5.74, 6) is -0.820. The summed E-state index contributed by atoms with van der Waals surface area (Å²) in [6, 6.07) is -0.582. The van der Waals surface area contributed by atoms with Crippen LogP contribution in [0.2, 0.25) is 0 Å². The highest BCUT2D eigenvalue weighted by Crippen LogP contribution is 2.20. The number of aliphatic carboxylic acids is 1. The molecule has 6 nitrogen and oxygen atoms in total. The normalized spacial score (nSPS) is 14.1. The van der Waals surface area contributed by atoms with Crippen LogP contribution in [-0.4, -0.2) is 37.7 Å². The van der Waals surface area contributed by atoms with Gasteiger partial charge in [0.2, 0.25) is 0 Å². The van der Waals surface area contributed by atoms with Gasteiger partial charge in [0, 0.05) is 12.1 Å². The molecule has 6 heteroatoms. The Hall–Kier alpha value is -1.43. The van der Waals surface area contributed by atoms with Crippen molar-refractivity contribution >= 4 is 5.97 Å². The van der Waals surface area contributed by atoms with Gasteiger partial charge in [-0.1, -0.05) is 32.9 Å². The maximum Gasteiger partial charge on any atom is 0.320 e. The third-order valence-corrected chi connectivity index (χ3v) is 3.79. The molecule has 1 heterocycles. The van der Waals surface area contributed by atoms with E-state index in [1.165, 1.54) is 0 Å². The van der Waals surface area contributed by atoms with E-state index in [0.29, 0.717) is 13.0 Å². The second-order valence-electron chi connectivity index (χ2n) is 7.75. The van der Waals surface area contributed by atoms with Crippen molar-refractivity contribution in [2.24, 2.45) is 5.41 Å². The van der Waals surface area contributed by atoms with E-state index in [9.17, 15) is 9.90 Å². The second-order valence-corrected chi connectivity index (χ2v) is 7.75. The lowest BCUT2D eigenvalue weighted by molar-refractivity contribution is -0.140. The van der Waals surface area contributed by atoms with Crippen LogP contribution in [0.4, 0.5) is 0 Å². The van der Waals surface area contributed by atoms with Gasteiger partial charge in [-0.05, 0) is 38.5 Å². The van der Waals surface area contributed by atoms with E-state index >= 15 is 0 Å². The van der Waals surface area contributed by atoms with Crippen molar-refractivity contribution in [1.29, 1.82) is 0 Å². The van der Waals surface area contributed by atoms with Gasteiger partial charge in [-0.2, -0.15) is 0 Å². The van der Waals surface area contributed by atoms with Gasteiger partial charge < -0.3 is 5.11 Å².